The van der Waals surface area contributed by atoms with Crippen molar-refractivity contribution in [3.8, 4) is 11.5 Å². The summed E-state index contributed by atoms with van der Waals surface area (Å²) in [6.07, 6.45) is 4.84. The van der Waals surface area contributed by atoms with Gasteiger partial charge in [-0.25, -0.2) is 0 Å². The fraction of sp³-hybridized carbons (Fsp3) is 0.462. The minimum absolute atomic E-state index is 0.300. The third-order valence-corrected chi connectivity index (χ3v) is 6.96. The molecule has 2 aromatic rings. The van der Waals surface area contributed by atoms with Crippen molar-refractivity contribution in [3.63, 3.8) is 0 Å². The Kier molecular flexibility index (Phi) is 5.68. The largest absolute Gasteiger partial charge is 0.423 e. The molecule has 4 rings (SSSR count). The summed E-state index contributed by atoms with van der Waals surface area (Å²) in [6.45, 7) is 7.07. The highest BCUT2D eigenvalue weighted by molar-refractivity contribution is 5.73. The molecule has 0 N–H and O–H groups in total. The maximum atomic E-state index is 11.5. The van der Waals surface area contributed by atoms with Gasteiger partial charge in [0.1, 0.15) is 0 Å². The normalized spacial score (nSPS) is 25.1. The molecular weight excluding hydrogens is 376 g/mol. The Labute approximate surface area is 178 Å². The van der Waals surface area contributed by atoms with E-state index in [4.69, 9.17) is 9.47 Å². The summed E-state index contributed by atoms with van der Waals surface area (Å²) >= 11 is 0. The molecule has 158 valence electrons. The molecule has 0 saturated heterocycles. The summed E-state index contributed by atoms with van der Waals surface area (Å²) in [5, 5.41) is 0. The first kappa shape index (κ1) is 20.6. The molecule has 0 bridgehead atoms. The highest BCUT2D eigenvalue weighted by atomic mass is 16.6. The van der Waals surface area contributed by atoms with E-state index in [-0.39, 0.29) is 0 Å². The number of carbonyl (C=O) groups is 2. The zero-order chi connectivity index (χ0) is 21.4. The molecular formula is C26H30O4. The maximum absolute atomic E-state index is 11.5. The van der Waals surface area contributed by atoms with Gasteiger partial charge in [0.2, 0.25) is 0 Å². The quantitative estimate of drug-likeness (QED) is 0.473. The van der Waals surface area contributed by atoms with Crippen LogP contribution in [0.1, 0.15) is 73.6 Å². The van der Waals surface area contributed by atoms with Gasteiger partial charge in [-0.15, -0.1) is 0 Å². The molecule has 30 heavy (non-hydrogen) atoms. The van der Waals surface area contributed by atoms with Crippen LogP contribution in [0.2, 0.25) is 0 Å². The number of rotatable bonds is 4. The summed E-state index contributed by atoms with van der Waals surface area (Å²) in [7, 11) is 0. The van der Waals surface area contributed by atoms with Crippen molar-refractivity contribution in [3.05, 3.63) is 58.7 Å². The Balaban J connectivity index is 1.47. The van der Waals surface area contributed by atoms with Crippen molar-refractivity contribution >= 4 is 11.9 Å². The highest BCUT2D eigenvalue weighted by Gasteiger charge is 2.42. The van der Waals surface area contributed by atoms with E-state index in [0.29, 0.717) is 23.3 Å². The molecule has 0 radical (unpaired) electrons. The lowest BCUT2D eigenvalue weighted by molar-refractivity contribution is -0.134. The van der Waals surface area contributed by atoms with Crippen molar-refractivity contribution in [2.75, 3.05) is 0 Å². The van der Waals surface area contributed by atoms with Crippen LogP contribution in [0, 0.1) is 25.7 Å². The number of carbonyl (C=O) groups excluding carboxylic acids is 2. The van der Waals surface area contributed by atoms with Gasteiger partial charge in [-0.2, -0.15) is 0 Å². The lowest BCUT2D eigenvalue weighted by Gasteiger charge is -2.18. The van der Waals surface area contributed by atoms with Crippen LogP contribution in [-0.4, -0.2) is 11.9 Å². The van der Waals surface area contributed by atoms with Gasteiger partial charge >= 0.3 is 11.9 Å². The molecule has 0 spiro atoms. The van der Waals surface area contributed by atoms with Crippen LogP contribution in [0.5, 0.6) is 11.5 Å². The van der Waals surface area contributed by atoms with Crippen molar-refractivity contribution in [1.82, 2.24) is 0 Å². The number of hydrogen-bond acceptors (Lipinski definition) is 4. The second-order valence-corrected chi connectivity index (χ2v) is 9.09. The predicted molar refractivity (Wildman–Crippen MR) is 116 cm³/mol. The fourth-order valence-corrected chi connectivity index (χ4v) is 5.43. The van der Waals surface area contributed by atoms with Crippen LogP contribution < -0.4 is 9.47 Å². The minimum Gasteiger partial charge on any atom is -0.423 e. The summed E-state index contributed by atoms with van der Waals surface area (Å²) in [5.41, 5.74) is 5.40. The third kappa shape index (κ3) is 4.28. The average Bonchev–Trinajstić information content (AvgIpc) is 3.24. The van der Waals surface area contributed by atoms with E-state index in [0.717, 1.165) is 11.8 Å². The van der Waals surface area contributed by atoms with E-state index in [1.807, 2.05) is 12.1 Å². The number of ether oxygens (including phenoxy) is 2. The molecule has 2 aromatic carbocycles. The molecule has 0 heterocycles. The van der Waals surface area contributed by atoms with E-state index in [2.05, 4.69) is 32.0 Å². The zero-order valence-corrected chi connectivity index (χ0v) is 18.2. The summed E-state index contributed by atoms with van der Waals surface area (Å²) in [5.74, 6) is 2.40. The fourth-order valence-electron chi connectivity index (χ4n) is 5.43. The average molecular weight is 407 g/mol. The second kappa shape index (κ2) is 8.25. The Morgan fingerprint density at radius 3 is 1.73 bits per heavy atom. The smallest absolute Gasteiger partial charge is 0.308 e. The van der Waals surface area contributed by atoms with Gasteiger partial charge in [-0.1, -0.05) is 24.3 Å². The van der Waals surface area contributed by atoms with Gasteiger partial charge in [0.25, 0.3) is 0 Å². The van der Waals surface area contributed by atoms with E-state index in [1.54, 1.807) is 6.07 Å². The number of hydrogen-bond donors (Lipinski definition) is 0. The van der Waals surface area contributed by atoms with E-state index in [1.165, 1.54) is 61.8 Å². The van der Waals surface area contributed by atoms with Gasteiger partial charge in [0.15, 0.2) is 11.5 Å². The molecule has 2 saturated carbocycles. The Morgan fingerprint density at radius 2 is 1.20 bits per heavy atom. The SMILES string of the molecule is CC(=O)Oc1ccc(C2C[C@H]3CC(c4ccc(C)c(C)c4)C[C@H]3C2)cc1OC(C)=O. The lowest BCUT2D eigenvalue weighted by Crippen LogP contribution is -2.08. The van der Waals surface area contributed by atoms with Crippen LogP contribution in [0.15, 0.2) is 36.4 Å². The first-order valence-corrected chi connectivity index (χ1v) is 10.9. The van der Waals surface area contributed by atoms with Crippen LogP contribution >= 0.6 is 0 Å². The van der Waals surface area contributed by atoms with Crippen molar-refractivity contribution in [1.29, 1.82) is 0 Å². The van der Waals surface area contributed by atoms with Gasteiger partial charge in [-0.05, 0) is 97.6 Å². The number of benzene rings is 2. The standard InChI is InChI=1S/C26H30O4/c1-15-5-6-19(9-16(15)2)21-10-23-12-22(13-24(23)11-21)20-7-8-25(29-17(3)27)26(14-20)30-18(4)28/h5-9,14,21-24H,10-13H2,1-4H3/t21?,22?,23-,24+. The molecule has 2 aliphatic rings. The molecule has 4 heteroatoms. The zero-order valence-electron chi connectivity index (χ0n) is 18.2. The van der Waals surface area contributed by atoms with Crippen LogP contribution in [0.3, 0.4) is 0 Å². The minimum atomic E-state index is -0.427. The predicted octanol–water partition coefficient (Wildman–Crippen LogP) is 5.84. The van der Waals surface area contributed by atoms with Crippen molar-refractivity contribution in [2.24, 2.45) is 11.8 Å². The summed E-state index contributed by atoms with van der Waals surface area (Å²) in [4.78, 5) is 22.8. The monoisotopic (exact) mass is 406 g/mol. The van der Waals surface area contributed by atoms with Gasteiger partial charge in [-0.3, -0.25) is 9.59 Å². The molecule has 2 fully saturated rings. The number of aryl methyl sites for hydroxylation is 2. The summed E-state index contributed by atoms with van der Waals surface area (Å²) < 4.78 is 10.5. The van der Waals surface area contributed by atoms with Gasteiger partial charge in [0.05, 0.1) is 0 Å². The molecule has 0 aliphatic heterocycles. The van der Waals surface area contributed by atoms with Crippen LogP contribution in [0.25, 0.3) is 0 Å². The summed E-state index contributed by atoms with van der Waals surface area (Å²) in [6, 6.07) is 12.6. The molecule has 0 aromatic heterocycles. The number of esters is 2. The van der Waals surface area contributed by atoms with Crippen molar-refractivity contribution in [2.45, 2.75) is 65.2 Å². The van der Waals surface area contributed by atoms with Crippen LogP contribution in [0.4, 0.5) is 0 Å². The molecule has 0 amide bonds. The Bertz CT molecular complexity index is 963. The third-order valence-electron chi connectivity index (χ3n) is 6.96. The van der Waals surface area contributed by atoms with Gasteiger partial charge in [0, 0.05) is 13.8 Å². The van der Waals surface area contributed by atoms with E-state index < -0.39 is 11.9 Å². The Hall–Kier alpha value is -2.62. The maximum Gasteiger partial charge on any atom is 0.308 e. The Morgan fingerprint density at radius 1 is 0.700 bits per heavy atom. The topological polar surface area (TPSA) is 52.6 Å². The van der Waals surface area contributed by atoms with Crippen LogP contribution in [-0.2, 0) is 9.59 Å². The molecule has 4 nitrogen and oxygen atoms in total. The highest BCUT2D eigenvalue weighted by Crippen LogP contribution is 2.55. The van der Waals surface area contributed by atoms with Crippen molar-refractivity contribution < 1.29 is 19.1 Å². The van der Waals surface area contributed by atoms with Gasteiger partial charge < -0.3 is 9.47 Å². The lowest BCUT2D eigenvalue weighted by atomic mass is 9.88. The molecule has 2 unspecified atom stereocenters. The number of fused-ring (bicyclic) bond motifs is 1. The molecule has 2 aliphatic carbocycles. The molecule has 4 atom stereocenters. The second-order valence-electron chi connectivity index (χ2n) is 9.09. The first-order valence-electron chi connectivity index (χ1n) is 10.9. The van der Waals surface area contributed by atoms with E-state index in [9.17, 15) is 9.59 Å². The van der Waals surface area contributed by atoms with E-state index >= 15 is 0 Å². The first-order chi connectivity index (χ1) is 14.3.